The van der Waals surface area contributed by atoms with Gasteiger partial charge in [0, 0.05) is 18.6 Å². The molecule has 1 aromatic carbocycles. The zero-order valence-electron chi connectivity index (χ0n) is 14.9. The zero-order chi connectivity index (χ0) is 16.9. The Bertz CT molecular complexity index is 506. The van der Waals surface area contributed by atoms with Gasteiger partial charge in [-0.3, -0.25) is 0 Å². The summed E-state index contributed by atoms with van der Waals surface area (Å²) in [6.45, 7) is 14.5. The quantitative estimate of drug-likeness (QED) is 0.868. The van der Waals surface area contributed by atoms with Crippen LogP contribution in [0.3, 0.4) is 0 Å². The first-order chi connectivity index (χ1) is 10.1. The number of benzene rings is 1. The molecular weight excluding hydrogens is 276 g/mol. The Morgan fingerprint density at radius 3 is 2.36 bits per heavy atom. The molecule has 4 nitrogen and oxygen atoms in total. The van der Waals surface area contributed by atoms with Gasteiger partial charge in [0.2, 0.25) is 0 Å². The lowest BCUT2D eigenvalue weighted by atomic mass is 10.0. The Morgan fingerprint density at radius 2 is 1.82 bits per heavy atom. The average molecular weight is 306 g/mol. The van der Waals surface area contributed by atoms with Crippen LogP contribution in [0.15, 0.2) is 18.2 Å². The van der Waals surface area contributed by atoms with Crippen molar-refractivity contribution in [2.24, 2.45) is 0 Å². The summed E-state index contributed by atoms with van der Waals surface area (Å²) >= 11 is 0. The number of rotatable bonds is 5. The zero-order valence-corrected chi connectivity index (χ0v) is 14.9. The van der Waals surface area contributed by atoms with Crippen molar-refractivity contribution >= 4 is 6.09 Å². The fraction of sp³-hybridized carbons (Fsp3) is 0.611. The molecule has 0 saturated carbocycles. The molecule has 0 fully saturated rings. The molecule has 0 aromatic heterocycles. The van der Waals surface area contributed by atoms with Crippen LogP contribution in [-0.2, 0) is 4.74 Å². The maximum absolute atomic E-state index is 11.6. The second kappa shape index (κ2) is 7.63. The highest BCUT2D eigenvalue weighted by molar-refractivity contribution is 5.67. The molecule has 4 heteroatoms. The molecule has 0 heterocycles. The summed E-state index contributed by atoms with van der Waals surface area (Å²) in [5.74, 6) is 0. The second-order valence-corrected chi connectivity index (χ2v) is 7.02. The van der Waals surface area contributed by atoms with Crippen molar-refractivity contribution in [1.29, 1.82) is 0 Å². The van der Waals surface area contributed by atoms with E-state index in [1.807, 2.05) is 20.8 Å². The predicted molar refractivity (Wildman–Crippen MR) is 91.2 cm³/mol. The molecule has 2 atom stereocenters. The third-order valence-corrected chi connectivity index (χ3v) is 3.52. The molecule has 124 valence electrons. The molecule has 0 aliphatic carbocycles. The van der Waals surface area contributed by atoms with E-state index < -0.39 is 5.60 Å². The topological polar surface area (TPSA) is 50.4 Å². The first-order valence-electron chi connectivity index (χ1n) is 7.88. The molecule has 0 radical (unpaired) electrons. The fourth-order valence-corrected chi connectivity index (χ4v) is 2.17. The molecule has 2 unspecified atom stereocenters. The van der Waals surface area contributed by atoms with Crippen molar-refractivity contribution in [1.82, 2.24) is 10.6 Å². The Labute approximate surface area is 134 Å². The van der Waals surface area contributed by atoms with Crippen LogP contribution in [0.25, 0.3) is 0 Å². The normalized spacial score (nSPS) is 14.3. The van der Waals surface area contributed by atoms with Gasteiger partial charge in [-0.05, 0) is 65.2 Å². The van der Waals surface area contributed by atoms with Crippen LogP contribution in [0.5, 0.6) is 0 Å². The molecule has 0 saturated heterocycles. The van der Waals surface area contributed by atoms with Crippen LogP contribution in [0.4, 0.5) is 4.79 Å². The lowest BCUT2D eigenvalue weighted by molar-refractivity contribution is 0.0522. The van der Waals surface area contributed by atoms with Gasteiger partial charge in [0.25, 0.3) is 0 Å². The smallest absolute Gasteiger partial charge is 0.407 e. The number of aryl methyl sites for hydroxylation is 2. The number of carbonyl (C=O) groups is 1. The van der Waals surface area contributed by atoms with Crippen molar-refractivity contribution in [3.05, 3.63) is 34.9 Å². The number of carbonyl (C=O) groups excluding carboxylic acids is 1. The van der Waals surface area contributed by atoms with E-state index in [0.29, 0.717) is 6.54 Å². The number of amides is 1. The minimum Gasteiger partial charge on any atom is -0.444 e. The van der Waals surface area contributed by atoms with E-state index in [1.54, 1.807) is 0 Å². The highest BCUT2D eigenvalue weighted by Crippen LogP contribution is 2.17. The summed E-state index contributed by atoms with van der Waals surface area (Å²) in [4.78, 5) is 11.6. The van der Waals surface area contributed by atoms with E-state index in [0.717, 1.165) is 0 Å². The maximum atomic E-state index is 11.6. The third-order valence-electron chi connectivity index (χ3n) is 3.52. The molecule has 2 N–H and O–H groups in total. The highest BCUT2D eigenvalue weighted by atomic mass is 16.6. The molecule has 1 amide bonds. The van der Waals surface area contributed by atoms with Gasteiger partial charge in [-0.15, -0.1) is 0 Å². The Hall–Kier alpha value is -1.55. The van der Waals surface area contributed by atoms with Crippen LogP contribution < -0.4 is 10.6 Å². The molecule has 0 spiro atoms. The standard InChI is InChI=1S/C18H30N2O2/c1-12-8-9-16(10-13(12)2)15(4)20-14(3)11-19-17(21)22-18(5,6)7/h8-10,14-15,20H,11H2,1-7H3,(H,19,21). The van der Waals surface area contributed by atoms with E-state index in [9.17, 15) is 4.79 Å². The monoisotopic (exact) mass is 306 g/mol. The molecule has 0 aliphatic heterocycles. The van der Waals surface area contributed by atoms with Crippen molar-refractivity contribution < 1.29 is 9.53 Å². The van der Waals surface area contributed by atoms with Gasteiger partial charge in [-0.25, -0.2) is 4.79 Å². The molecule has 22 heavy (non-hydrogen) atoms. The Morgan fingerprint density at radius 1 is 1.18 bits per heavy atom. The summed E-state index contributed by atoms with van der Waals surface area (Å²) in [5, 5.41) is 6.28. The van der Waals surface area contributed by atoms with Crippen LogP contribution in [0, 0.1) is 13.8 Å². The number of hydrogen-bond acceptors (Lipinski definition) is 3. The Balaban J connectivity index is 2.45. The van der Waals surface area contributed by atoms with E-state index in [4.69, 9.17) is 4.74 Å². The lowest BCUT2D eigenvalue weighted by Gasteiger charge is -2.23. The first kappa shape index (κ1) is 18.5. The highest BCUT2D eigenvalue weighted by Gasteiger charge is 2.17. The van der Waals surface area contributed by atoms with Gasteiger partial charge >= 0.3 is 6.09 Å². The summed E-state index contributed by atoms with van der Waals surface area (Å²) in [5.41, 5.74) is 3.39. The molecule has 0 aliphatic rings. The van der Waals surface area contributed by atoms with Gasteiger partial charge in [-0.1, -0.05) is 18.2 Å². The minimum absolute atomic E-state index is 0.157. The van der Waals surface area contributed by atoms with Crippen molar-refractivity contribution in [2.45, 2.75) is 66.2 Å². The molecular formula is C18H30N2O2. The average Bonchev–Trinajstić information content (AvgIpc) is 2.37. The predicted octanol–water partition coefficient (Wildman–Crippen LogP) is 3.87. The first-order valence-corrected chi connectivity index (χ1v) is 7.88. The van der Waals surface area contributed by atoms with E-state index >= 15 is 0 Å². The number of hydrogen-bond donors (Lipinski definition) is 2. The fourth-order valence-electron chi connectivity index (χ4n) is 2.17. The van der Waals surface area contributed by atoms with Crippen molar-refractivity contribution in [2.75, 3.05) is 6.54 Å². The Kier molecular flexibility index (Phi) is 6.42. The summed E-state index contributed by atoms with van der Waals surface area (Å²) in [6.07, 6.45) is -0.375. The van der Waals surface area contributed by atoms with Crippen LogP contribution in [-0.4, -0.2) is 24.3 Å². The van der Waals surface area contributed by atoms with E-state index in [-0.39, 0.29) is 18.2 Å². The number of alkyl carbamates (subject to hydrolysis) is 1. The summed E-state index contributed by atoms with van der Waals surface area (Å²) < 4.78 is 5.23. The lowest BCUT2D eigenvalue weighted by Crippen LogP contribution is -2.41. The number of nitrogens with one attached hydrogen (secondary N) is 2. The maximum Gasteiger partial charge on any atom is 0.407 e. The minimum atomic E-state index is -0.465. The van der Waals surface area contributed by atoms with Gasteiger partial charge in [0.05, 0.1) is 0 Å². The van der Waals surface area contributed by atoms with Crippen molar-refractivity contribution in [3.63, 3.8) is 0 Å². The van der Waals surface area contributed by atoms with E-state index in [1.165, 1.54) is 16.7 Å². The van der Waals surface area contributed by atoms with Gasteiger partial charge in [0.15, 0.2) is 0 Å². The summed E-state index contributed by atoms with van der Waals surface area (Å²) in [7, 11) is 0. The van der Waals surface area contributed by atoms with Gasteiger partial charge < -0.3 is 15.4 Å². The summed E-state index contributed by atoms with van der Waals surface area (Å²) in [6, 6.07) is 6.89. The van der Waals surface area contributed by atoms with Crippen LogP contribution in [0.2, 0.25) is 0 Å². The van der Waals surface area contributed by atoms with Gasteiger partial charge in [-0.2, -0.15) is 0 Å². The molecule has 1 rings (SSSR count). The SMILES string of the molecule is Cc1ccc(C(C)NC(C)CNC(=O)OC(C)(C)C)cc1C. The van der Waals surface area contributed by atoms with Gasteiger partial charge in [0.1, 0.15) is 5.60 Å². The number of ether oxygens (including phenoxy) is 1. The van der Waals surface area contributed by atoms with Crippen LogP contribution in [0.1, 0.15) is 57.4 Å². The third kappa shape index (κ3) is 6.48. The molecule has 1 aromatic rings. The van der Waals surface area contributed by atoms with E-state index in [2.05, 4.69) is 56.5 Å². The largest absolute Gasteiger partial charge is 0.444 e. The molecule has 0 bridgehead atoms. The van der Waals surface area contributed by atoms with Crippen LogP contribution >= 0.6 is 0 Å². The second-order valence-electron chi connectivity index (χ2n) is 7.02. The van der Waals surface area contributed by atoms with Crippen molar-refractivity contribution in [3.8, 4) is 0 Å².